The fraction of sp³-hybridized carbons (Fsp3) is 0.485. The number of amides is 2. The standard InChI is InChI=1S/C33H42FN3O3SSi/c1-20(2)42(21(3)4,22(5)6)40-32-30-28(18-36(7)33(30)39)26(16-29(38)37-12-13-41-19-37)27-15-24(17-35-31(27)32)14-23-8-10-25(34)11-9-23/h8-11,15,17,20-22H,12-14,16,18-19H2,1-7H3. The molecule has 0 N–H and O–H groups in total. The molecule has 6 nitrogen and oxygen atoms in total. The van der Waals surface area contributed by atoms with Gasteiger partial charge in [0, 0.05) is 37.5 Å². The molecule has 1 aromatic heterocycles. The van der Waals surface area contributed by atoms with Crippen molar-refractivity contribution in [3.63, 3.8) is 0 Å². The number of aromatic nitrogens is 1. The van der Waals surface area contributed by atoms with E-state index in [2.05, 4.69) is 47.6 Å². The second-order valence-corrected chi connectivity index (χ2v) is 19.1. The first-order chi connectivity index (χ1) is 19.9. The summed E-state index contributed by atoms with van der Waals surface area (Å²) in [6.45, 7) is 14.6. The van der Waals surface area contributed by atoms with E-state index in [0.29, 0.717) is 52.3 Å². The Morgan fingerprint density at radius 1 is 1.07 bits per heavy atom. The van der Waals surface area contributed by atoms with Crippen LogP contribution in [0, 0.1) is 5.82 Å². The Labute approximate surface area is 254 Å². The molecule has 9 heteroatoms. The molecular weight excluding hydrogens is 566 g/mol. The summed E-state index contributed by atoms with van der Waals surface area (Å²) in [5, 5.41) is 0.867. The van der Waals surface area contributed by atoms with Crippen LogP contribution in [0.5, 0.6) is 5.75 Å². The molecule has 0 spiro atoms. The first-order valence-electron chi connectivity index (χ1n) is 14.9. The Kier molecular flexibility index (Phi) is 8.72. The van der Waals surface area contributed by atoms with Gasteiger partial charge in [-0.25, -0.2) is 4.39 Å². The number of benzene rings is 2. The summed E-state index contributed by atoms with van der Waals surface area (Å²) in [7, 11) is -0.644. The second kappa shape index (κ2) is 12.0. The maximum Gasteiger partial charge on any atom is 0.258 e. The van der Waals surface area contributed by atoms with Crippen LogP contribution in [0.15, 0.2) is 36.5 Å². The van der Waals surface area contributed by atoms with Crippen LogP contribution in [0.2, 0.25) is 16.6 Å². The molecule has 2 aliphatic rings. The predicted octanol–water partition coefficient (Wildman–Crippen LogP) is 7.18. The zero-order valence-electron chi connectivity index (χ0n) is 25.8. The lowest BCUT2D eigenvalue weighted by molar-refractivity contribution is -0.128. The molecule has 224 valence electrons. The van der Waals surface area contributed by atoms with Gasteiger partial charge in [-0.1, -0.05) is 53.7 Å². The molecular formula is C33H42FN3O3SSi. The summed E-state index contributed by atoms with van der Waals surface area (Å²) >= 11 is 1.76. The molecule has 0 atom stereocenters. The summed E-state index contributed by atoms with van der Waals surface area (Å²) < 4.78 is 20.9. The number of thioether (sulfide) groups is 1. The van der Waals surface area contributed by atoms with Gasteiger partial charge in [0.25, 0.3) is 14.2 Å². The van der Waals surface area contributed by atoms with Crippen molar-refractivity contribution < 1.29 is 18.4 Å². The summed E-state index contributed by atoms with van der Waals surface area (Å²) in [6.07, 6.45) is 2.62. The molecule has 3 heterocycles. The smallest absolute Gasteiger partial charge is 0.258 e. The largest absolute Gasteiger partial charge is 0.541 e. The van der Waals surface area contributed by atoms with E-state index in [0.717, 1.165) is 39.9 Å². The molecule has 0 bridgehead atoms. The normalized spacial score (nSPS) is 15.5. The van der Waals surface area contributed by atoms with E-state index >= 15 is 0 Å². The van der Waals surface area contributed by atoms with E-state index in [9.17, 15) is 14.0 Å². The van der Waals surface area contributed by atoms with Crippen molar-refractivity contribution in [3.8, 4) is 5.75 Å². The third kappa shape index (κ3) is 5.46. The van der Waals surface area contributed by atoms with E-state index < -0.39 is 8.32 Å². The first-order valence-corrected chi connectivity index (χ1v) is 18.2. The number of hydrogen-bond donors (Lipinski definition) is 0. The third-order valence-corrected chi connectivity index (χ3v) is 16.0. The maximum absolute atomic E-state index is 13.8. The minimum Gasteiger partial charge on any atom is -0.541 e. The van der Waals surface area contributed by atoms with Crippen LogP contribution < -0.4 is 4.43 Å². The number of pyridine rings is 1. The Bertz CT molecular complexity index is 1480. The van der Waals surface area contributed by atoms with Gasteiger partial charge in [-0.2, -0.15) is 0 Å². The van der Waals surface area contributed by atoms with Crippen molar-refractivity contribution in [2.24, 2.45) is 0 Å². The number of nitrogens with zero attached hydrogens (tertiary/aromatic N) is 3. The number of fused-ring (bicyclic) bond motifs is 2. The van der Waals surface area contributed by atoms with Crippen LogP contribution in [-0.4, -0.2) is 60.1 Å². The Morgan fingerprint density at radius 3 is 2.33 bits per heavy atom. The Morgan fingerprint density at radius 2 is 1.74 bits per heavy atom. The van der Waals surface area contributed by atoms with Crippen molar-refractivity contribution in [1.82, 2.24) is 14.8 Å². The summed E-state index contributed by atoms with van der Waals surface area (Å²) in [5.74, 6) is 1.93. The topological polar surface area (TPSA) is 62.7 Å². The molecule has 2 aliphatic heterocycles. The zero-order valence-corrected chi connectivity index (χ0v) is 27.6. The average Bonchev–Trinajstić information content (AvgIpc) is 3.58. The quantitative estimate of drug-likeness (QED) is 0.241. The minimum absolute atomic E-state index is 0.0679. The molecule has 0 saturated carbocycles. The molecule has 2 aromatic carbocycles. The van der Waals surface area contributed by atoms with Crippen LogP contribution >= 0.6 is 11.8 Å². The van der Waals surface area contributed by atoms with Crippen molar-refractivity contribution in [3.05, 3.63) is 70.2 Å². The number of halogens is 1. The van der Waals surface area contributed by atoms with Crippen LogP contribution in [0.4, 0.5) is 4.39 Å². The first kappa shape index (κ1) is 30.5. The molecule has 5 rings (SSSR count). The fourth-order valence-corrected chi connectivity index (χ4v) is 13.3. The highest BCUT2D eigenvalue weighted by atomic mass is 32.2. The van der Waals surface area contributed by atoms with Gasteiger partial charge >= 0.3 is 0 Å². The van der Waals surface area contributed by atoms with Gasteiger partial charge in [0.1, 0.15) is 17.1 Å². The third-order valence-electron chi connectivity index (χ3n) is 9.07. The fourth-order valence-electron chi connectivity index (χ4n) is 7.03. The summed E-state index contributed by atoms with van der Waals surface area (Å²) in [4.78, 5) is 35.9. The highest BCUT2D eigenvalue weighted by Gasteiger charge is 2.49. The SMILES string of the molecule is CC(C)[Si](Oc1c2c(c(CC(=O)N3CCSC3)c3cc(Cc4ccc(F)cc4)cnc13)CN(C)C2=O)(C(C)C)C(C)C. The molecule has 2 amide bonds. The lowest BCUT2D eigenvalue weighted by atomic mass is 9.92. The van der Waals surface area contributed by atoms with Crippen LogP contribution in [0.1, 0.15) is 74.2 Å². The molecule has 1 fully saturated rings. The molecule has 0 radical (unpaired) electrons. The van der Waals surface area contributed by atoms with E-state index in [-0.39, 0.29) is 24.1 Å². The van der Waals surface area contributed by atoms with Gasteiger partial charge in [-0.15, -0.1) is 11.8 Å². The van der Waals surface area contributed by atoms with Crippen LogP contribution in [-0.2, 0) is 24.2 Å². The van der Waals surface area contributed by atoms with Crippen molar-refractivity contribution in [2.45, 2.75) is 77.6 Å². The van der Waals surface area contributed by atoms with Gasteiger partial charge in [-0.05, 0) is 63.5 Å². The molecule has 0 unspecified atom stereocenters. The lowest BCUT2D eigenvalue weighted by Crippen LogP contribution is -2.51. The maximum atomic E-state index is 13.8. The number of carbonyl (C=O) groups is 2. The zero-order chi connectivity index (χ0) is 30.3. The second-order valence-electron chi connectivity index (χ2n) is 12.7. The van der Waals surface area contributed by atoms with Crippen LogP contribution in [0.3, 0.4) is 0 Å². The Balaban J connectivity index is 1.74. The van der Waals surface area contributed by atoms with Gasteiger partial charge in [-0.3, -0.25) is 14.6 Å². The van der Waals surface area contributed by atoms with Crippen molar-refractivity contribution >= 4 is 42.8 Å². The lowest BCUT2D eigenvalue weighted by Gasteiger charge is -2.42. The minimum atomic E-state index is -2.45. The number of hydrogen-bond acceptors (Lipinski definition) is 5. The highest BCUT2D eigenvalue weighted by Crippen LogP contribution is 2.48. The Hall–Kier alpha value is -2.91. The molecule has 3 aromatic rings. The van der Waals surface area contributed by atoms with E-state index in [1.165, 1.54) is 12.1 Å². The van der Waals surface area contributed by atoms with Gasteiger partial charge in [0.2, 0.25) is 5.91 Å². The predicted molar refractivity (Wildman–Crippen MR) is 171 cm³/mol. The van der Waals surface area contributed by atoms with E-state index in [1.54, 1.807) is 28.8 Å². The van der Waals surface area contributed by atoms with Gasteiger partial charge in [0.15, 0.2) is 0 Å². The monoisotopic (exact) mass is 607 g/mol. The van der Waals surface area contributed by atoms with Crippen LogP contribution in [0.25, 0.3) is 10.9 Å². The summed E-state index contributed by atoms with van der Waals surface area (Å²) in [5.41, 5.74) is 5.83. The molecule has 42 heavy (non-hydrogen) atoms. The average molecular weight is 608 g/mol. The molecule has 1 saturated heterocycles. The van der Waals surface area contributed by atoms with Crippen molar-refractivity contribution in [2.75, 3.05) is 25.2 Å². The summed E-state index contributed by atoms with van der Waals surface area (Å²) in [6, 6.07) is 8.61. The van der Waals surface area contributed by atoms with Gasteiger partial charge < -0.3 is 14.2 Å². The number of carbonyl (C=O) groups excluding carboxylic acids is 2. The van der Waals surface area contributed by atoms with E-state index in [1.807, 2.05) is 18.1 Å². The highest BCUT2D eigenvalue weighted by molar-refractivity contribution is 7.99. The molecule has 0 aliphatic carbocycles. The number of rotatable bonds is 9. The van der Waals surface area contributed by atoms with Gasteiger partial charge in [0.05, 0.1) is 17.9 Å². The van der Waals surface area contributed by atoms with Crippen molar-refractivity contribution in [1.29, 1.82) is 0 Å². The van der Waals surface area contributed by atoms with E-state index in [4.69, 9.17) is 9.41 Å².